The molecule has 0 bridgehead atoms. The Labute approximate surface area is 509 Å². The van der Waals surface area contributed by atoms with Crippen LogP contribution >= 0.6 is 0 Å². The van der Waals surface area contributed by atoms with Gasteiger partial charge in [0.25, 0.3) is 0 Å². The van der Waals surface area contributed by atoms with Crippen LogP contribution in [0.3, 0.4) is 0 Å². The minimum Gasteiger partial charge on any atom is -0.393 e. The Morgan fingerprint density at radius 2 is 0.793 bits per heavy atom. The molecule has 0 radical (unpaired) electrons. The lowest BCUT2D eigenvalue weighted by Gasteiger charge is -2.35. The third-order valence-electron chi connectivity index (χ3n) is 22.2. The fourth-order valence-electron chi connectivity index (χ4n) is 14.6. The zero-order valence-corrected chi connectivity index (χ0v) is 57.7. The van der Waals surface area contributed by atoms with Gasteiger partial charge in [-0.15, -0.1) is 0 Å². The van der Waals surface area contributed by atoms with Crippen LogP contribution in [0, 0.1) is 93.2 Å². The largest absolute Gasteiger partial charge is 0.393 e. The molecule has 9 nitrogen and oxygen atoms in total. The number of hydrogen-bond donors (Lipinski definition) is 9. The molecule has 9 heteroatoms. The van der Waals surface area contributed by atoms with Crippen molar-refractivity contribution in [3.05, 3.63) is 0 Å². The van der Waals surface area contributed by atoms with Crippen LogP contribution < -0.4 is 0 Å². The first-order chi connectivity index (χ1) is 37.9. The topological polar surface area (TPSA) is 182 Å². The molecule has 0 saturated heterocycles. The van der Waals surface area contributed by atoms with E-state index in [0.717, 1.165) is 118 Å². The normalized spacial score (nSPS) is 41.3. The summed E-state index contributed by atoms with van der Waals surface area (Å²) in [7, 11) is 0. The Hall–Kier alpha value is -0.360. The van der Waals surface area contributed by atoms with Crippen molar-refractivity contribution in [2.24, 2.45) is 93.2 Å². The first-order valence-corrected chi connectivity index (χ1v) is 35.1. The molecule has 0 aliphatic heterocycles. The molecule has 82 heavy (non-hydrogen) atoms. The van der Waals surface area contributed by atoms with E-state index in [0.29, 0.717) is 46.3 Å². The fourth-order valence-corrected chi connectivity index (χ4v) is 14.6. The van der Waals surface area contributed by atoms with Gasteiger partial charge in [0, 0.05) is 0 Å². The van der Waals surface area contributed by atoms with Gasteiger partial charge in [0.1, 0.15) is 0 Å². The summed E-state index contributed by atoms with van der Waals surface area (Å²) >= 11 is 0. The van der Waals surface area contributed by atoms with Crippen LogP contribution in [0.4, 0.5) is 0 Å². The van der Waals surface area contributed by atoms with Gasteiger partial charge in [-0.1, -0.05) is 164 Å². The van der Waals surface area contributed by atoms with Crippen LogP contribution in [-0.4, -0.2) is 101 Å². The number of aliphatic hydroxyl groups excluding tert-OH is 9. The first kappa shape index (κ1) is 79.7. The molecule has 492 valence electrons. The second-order valence-electron chi connectivity index (χ2n) is 32.7. The van der Waals surface area contributed by atoms with E-state index in [1.165, 1.54) is 109 Å². The fraction of sp³-hybridized carbons (Fsp3) is 1.00. The summed E-state index contributed by atoms with van der Waals surface area (Å²) in [5.74, 6) is 8.78. The molecule has 19 atom stereocenters. The summed E-state index contributed by atoms with van der Waals surface area (Å²) in [5, 5.41) is 83.8. The van der Waals surface area contributed by atoms with Crippen molar-refractivity contribution in [2.75, 3.05) is 0 Å². The average molecular weight is 1170 g/mol. The molecule has 0 aromatic heterocycles. The predicted octanol–water partition coefficient (Wildman–Crippen LogP) is 16.9. The Kier molecular flexibility index (Phi) is 39.2. The molecule has 0 spiro atoms. The van der Waals surface area contributed by atoms with E-state index < -0.39 is 0 Å². The van der Waals surface area contributed by atoms with Crippen molar-refractivity contribution in [1.82, 2.24) is 0 Å². The number of hydrogen-bond acceptors (Lipinski definition) is 9. The van der Waals surface area contributed by atoms with Gasteiger partial charge in [0.15, 0.2) is 0 Å². The van der Waals surface area contributed by atoms with E-state index >= 15 is 0 Å². The van der Waals surface area contributed by atoms with E-state index in [2.05, 4.69) is 132 Å². The maximum Gasteiger partial charge on any atom is 0.0591 e. The van der Waals surface area contributed by atoms with Crippen molar-refractivity contribution >= 4 is 0 Å². The van der Waals surface area contributed by atoms with E-state index in [1.807, 2.05) is 0 Å². The highest BCUT2D eigenvalue weighted by Gasteiger charge is 2.32. The highest BCUT2D eigenvalue weighted by atomic mass is 16.3. The van der Waals surface area contributed by atoms with Crippen molar-refractivity contribution in [3.8, 4) is 0 Å². The second kappa shape index (κ2) is 40.3. The minimum atomic E-state index is -0.0498. The van der Waals surface area contributed by atoms with Gasteiger partial charge in [-0.25, -0.2) is 0 Å². The SMILES string of the molecule is CC1(C)CCC(O)CC1.CC1(C)CCCC(O)C1.CC1(C)CCCCC1O.CC1CC(C)CC(O)C1.CC1CCC(C)C(O)C1.CC1CCC(O)C(C)C1.CC1CCC(O)C(C)C1C.CC1CCC(O)CC1C.CC1CCCC(C)C1O. The quantitative estimate of drug-likeness (QED) is 0.114. The van der Waals surface area contributed by atoms with E-state index in [4.69, 9.17) is 5.11 Å². The van der Waals surface area contributed by atoms with Crippen LogP contribution in [-0.2, 0) is 0 Å². The molecule has 9 saturated carbocycles. The highest BCUT2D eigenvalue weighted by Crippen LogP contribution is 2.38. The van der Waals surface area contributed by atoms with E-state index in [1.54, 1.807) is 0 Å². The van der Waals surface area contributed by atoms with Crippen LogP contribution in [0.25, 0.3) is 0 Å². The molecule has 0 aromatic rings. The summed E-state index contributed by atoms with van der Waals surface area (Å²) in [5.41, 5.74) is 1.09. The van der Waals surface area contributed by atoms with E-state index in [9.17, 15) is 40.9 Å². The van der Waals surface area contributed by atoms with Crippen molar-refractivity contribution in [3.63, 3.8) is 0 Å². The summed E-state index contributed by atoms with van der Waals surface area (Å²) in [6.45, 7) is 42.0. The van der Waals surface area contributed by atoms with Gasteiger partial charge in [-0.05, 0) is 247 Å². The second-order valence-corrected chi connectivity index (χ2v) is 32.7. The molecule has 9 N–H and O–H groups in total. The minimum absolute atomic E-state index is 0.00183. The summed E-state index contributed by atoms with van der Waals surface area (Å²) in [4.78, 5) is 0. The summed E-state index contributed by atoms with van der Waals surface area (Å²) in [6, 6.07) is 0. The maximum absolute atomic E-state index is 9.47. The van der Waals surface area contributed by atoms with Gasteiger partial charge in [-0.3, -0.25) is 0 Å². The highest BCUT2D eigenvalue weighted by molar-refractivity contribution is 4.84. The van der Waals surface area contributed by atoms with Crippen LogP contribution in [0.1, 0.15) is 318 Å². The Morgan fingerprint density at radius 1 is 0.268 bits per heavy atom. The molecule has 19 unspecified atom stereocenters. The zero-order chi connectivity index (χ0) is 62.7. The smallest absolute Gasteiger partial charge is 0.0591 e. The predicted molar refractivity (Wildman–Crippen MR) is 348 cm³/mol. The molecule has 0 amide bonds. The third kappa shape index (κ3) is 34.4. The molecule has 9 aliphatic rings. The van der Waals surface area contributed by atoms with Crippen molar-refractivity contribution < 1.29 is 46.0 Å². The molecule has 0 aromatic carbocycles. The average Bonchev–Trinajstić information content (AvgIpc) is 3.38. The van der Waals surface area contributed by atoms with Crippen molar-refractivity contribution in [1.29, 1.82) is 0 Å². The Morgan fingerprint density at radius 3 is 1.18 bits per heavy atom. The van der Waals surface area contributed by atoms with Gasteiger partial charge >= 0.3 is 0 Å². The molecular weight excluding hydrogens is 1020 g/mol. The first-order valence-electron chi connectivity index (χ1n) is 35.1. The lowest BCUT2D eigenvalue weighted by molar-refractivity contribution is 0.0135. The molecule has 0 heterocycles. The monoisotopic (exact) mass is 1170 g/mol. The van der Waals surface area contributed by atoms with Crippen LogP contribution in [0.2, 0.25) is 0 Å². The number of rotatable bonds is 0. The summed E-state index contributed by atoms with van der Waals surface area (Å²) < 4.78 is 0. The molecule has 9 fully saturated rings. The molecular formula is C73H146O9. The Bertz CT molecular complexity index is 1450. The van der Waals surface area contributed by atoms with Gasteiger partial charge in [0.05, 0.1) is 54.9 Å². The molecule has 9 aliphatic carbocycles. The van der Waals surface area contributed by atoms with E-state index in [-0.39, 0.29) is 60.4 Å². The molecule has 9 rings (SSSR count). The maximum atomic E-state index is 9.47. The van der Waals surface area contributed by atoms with Crippen molar-refractivity contribution in [2.45, 2.75) is 373 Å². The third-order valence-corrected chi connectivity index (χ3v) is 22.2. The lowest BCUT2D eigenvalue weighted by Crippen LogP contribution is -2.33. The number of aliphatic hydroxyl groups is 9. The van der Waals surface area contributed by atoms with Gasteiger partial charge in [-0.2, -0.15) is 0 Å². The lowest BCUT2D eigenvalue weighted by atomic mass is 9.73. The summed E-state index contributed by atoms with van der Waals surface area (Å²) in [6.07, 6.45) is 32.9. The zero-order valence-electron chi connectivity index (χ0n) is 57.7. The van der Waals surface area contributed by atoms with Crippen LogP contribution in [0.5, 0.6) is 0 Å². The Balaban J connectivity index is 0.000000461. The van der Waals surface area contributed by atoms with Gasteiger partial charge < -0.3 is 46.0 Å². The van der Waals surface area contributed by atoms with Crippen LogP contribution in [0.15, 0.2) is 0 Å². The standard InChI is InChI=1S/C9H18O.8C8H16O/c1-6-4-5-9(10)8(3)7(6)2;1-6-3-7(2)5-8(9)4-6;1-8(2)5-3-7(9)4-6-8;1-6-3-4-8(9)5-7(6)2;1-6-3-4-8(9)7(2)5-6;1-6-3-4-7(2)8(9)5-6;1-8(2)5-3-4-7(9)6-8;1-8(2)6-4-3-5-7(8)9;1-6-4-3-5-7(2)8(6)9/h6-10H,4-5H2,1-3H3;6-9H,3-5H2,1-2H3;7,9H,3-6H2,1-2H3;3*6-9H,3-5H2,1-2H3;2*7,9H,3-6H2,1-2H3;6-9H,3-5H2,1-2H3. The van der Waals surface area contributed by atoms with Gasteiger partial charge in [0.2, 0.25) is 0 Å².